The zero-order chi connectivity index (χ0) is 21.3. The van der Waals surface area contributed by atoms with Crippen LogP contribution in [0.5, 0.6) is 17.2 Å². The van der Waals surface area contributed by atoms with Crippen molar-refractivity contribution in [3.63, 3.8) is 0 Å². The third-order valence-electron chi connectivity index (χ3n) is 4.30. The summed E-state index contributed by atoms with van der Waals surface area (Å²) in [6.45, 7) is 2.24. The molecule has 0 unspecified atom stereocenters. The molecule has 0 saturated carbocycles. The van der Waals surface area contributed by atoms with E-state index in [2.05, 4.69) is 11.4 Å². The third kappa shape index (κ3) is 5.09. The van der Waals surface area contributed by atoms with E-state index in [1.54, 1.807) is 49.6 Å². The first-order valence-electron chi connectivity index (χ1n) is 9.48. The van der Waals surface area contributed by atoms with Crippen LogP contribution in [0.15, 0.2) is 72.8 Å². The van der Waals surface area contributed by atoms with E-state index >= 15 is 0 Å². The maximum atomic E-state index is 13.1. The maximum Gasteiger partial charge on any atom is 0.270 e. The number of benzene rings is 3. The molecule has 3 rings (SSSR count). The fourth-order valence-corrected chi connectivity index (χ4v) is 2.88. The van der Waals surface area contributed by atoms with Crippen LogP contribution in [0.4, 0.5) is 5.69 Å². The summed E-state index contributed by atoms with van der Waals surface area (Å²) >= 11 is 0. The first-order chi connectivity index (χ1) is 14.6. The van der Waals surface area contributed by atoms with E-state index in [0.717, 1.165) is 0 Å². The highest BCUT2D eigenvalue weighted by atomic mass is 16.5. The molecule has 3 aromatic carbocycles. The van der Waals surface area contributed by atoms with Crippen LogP contribution in [0.25, 0.3) is 0 Å². The number of amides is 1. The molecule has 0 saturated heterocycles. The molecule has 0 fully saturated rings. The molecule has 0 spiro atoms. The van der Waals surface area contributed by atoms with Gasteiger partial charge in [-0.3, -0.25) is 4.79 Å². The van der Waals surface area contributed by atoms with Crippen molar-refractivity contribution in [1.82, 2.24) is 0 Å². The Morgan fingerprint density at radius 1 is 1.03 bits per heavy atom. The van der Waals surface area contributed by atoms with Gasteiger partial charge in [-0.05, 0) is 31.2 Å². The minimum atomic E-state index is -0.926. The summed E-state index contributed by atoms with van der Waals surface area (Å²) in [6, 6.07) is 23.2. The summed E-state index contributed by atoms with van der Waals surface area (Å²) < 4.78 is 16.9. The average molecular weight is 402 g/mol. The molecule has 3 aromatic rings. The number of hydrogen-bond acceptors (Lipinski definition) is 5. The predicted molar refractivity (Wildman–Crippen MR) is 114 cm³/mol. The number of carbonyl (C=O) groups is 1. The number of anilines is 1. The predicted octanol–water partition coefficient (Wildman–Crippen LogP) is 4.72. The first kappa shape index (κ1) is 20.7. The molecule has 6 nitrogen and oxygen atoms in total. The molecule has 0 radical (unpaired) electrons. The van der Waals surface area contributed by atoms with Crippen LogP contribution >= 0.6 is 0 Å². The zero-order valence-electron chi connectivity index (χ0n) is 16.8. The fourth-order valence-electron chi connectivity index (χ4n) is 2.88. The van der Waals surface area contributed by atoms with E-state index < -0.39 is 6.10 Å². The second-order valence-electron chi connectivity index (χ2n) is 6.34. The van der Waals surface area contributed by atoms with Crippen molar-refractivity contribution in [2.45, 2.75) is 13.0 Å². The molecule has 0 aliphatic carbocycles. The highest BCUT2D eigenvalue weighted by Gasteiger charge is 2.24. The van der Waals surface area contributed by atoms with E-state index in [-0.39, 0.29) is 5.91 Å². The zero-order valence-corrected chi connectivity index (χ0v) is 16.8. The van der Waals surface area contributed by atoms with Gasteiger partial charge in [0.2, 0.25) is 6.10 Å². The molecule has 0 aromatic heterocycles. The molecule has 1 amide bonds. The standard InChI is InChI=1S/C24H22N2O4/c1-3-29-22-14-17(16-25)12-13-21(22)30-23(18-8-5-4-6-9-18)24(27)26-19-10-7-11-20(15-19)28-2/h4-15,23H,3H2,1-2H3,(H,26,27)/t23-/m0/s1. The minimum absolute atomic E-state index is 0.346. The van der Waals surface area contributed by atoms with E-state index in [9.17, 15) is 4.79 Å². The largest absolute Gasteiger partial charge is 0.497 e. The van der Waals surface area contributed by atoms with Crippen LogP contribution in [0.1, 0.15) is 24.2 Å². The van der Waals surface area contributed by atoms with Gasteiger partial charge < -0.3 is 19.5 Å². The average Bonchev–Trinajstić information content (AvgIpc) is 2.79. The lowest BCUT2D eigenvalue weighted by atomic mass is 10.1. The van der Waals surface area contributed by atoms with Crippen molar-refractivity contribution in [3.05, 3.63) is 83.9 Å². The lowest BCUT2D eigenvalue weighted by molar-refractivity contribution is -0.123. The van der Waals surface area contributed by atoms with Gasteiger partial charge in [0.05, 0.1) is 25.3 Å². The Labute approximate surface area is 175 Å². The maximum absolute atomic E-state index is 13.1. The quantitative estimate of drug-likeness (QED) is 0.589. The van der Waals surface area contributed by atoms with Gasteiger partial charge in [0.15, 0.2) is 11.5 Å². The molecular weight excluding hydrogens is 380 g/mol. The normalized spacial score (nSPS) is 11.1. The smallest absolute Gasteiger partial charge is 0.270 e. The molecule has 30 heavy (non-hydrogen) atoms. The fraction of sp³-hybridized carbons (Fsp3) is 0.167. The molecule has 0 bridgehead atoms. The van der Waals surface area contributed by atoms with Gasteiger partial charge in [0, 0.05) is 23.4 Å². The number of nitrogens with zero attached hydrogens (tertiary/aromatic N) is 1. The van der Waals surface area contributed by atoms with Gasteiger partial charge in [-0.15, -0.1) is 0 Å². The second-order valence-corrected chi connectivity index (χ2v) is 6.34. The Hall–Kier alpha value is -3.98. The van der Waals surface area contributed by atoms with Gasteiger partial charge in [-0.2, -0.15) is 5.26 Å². The number of methoxy groups -OCH3 is 1. The summed E-state index contributed by atoms with van der Waals surface area (Å²) in [5, 5.41) is 12.0. The molecule has 1 N–H and O–H groups in total. The van der Waals surface area contributed by atoms with Crippen LogP contribution in [-0.2, 0) is 4.79 Å². The number of nitriles is 1. The SMILES string of the molecule is CCOc1cc(C#N)ccc1O[C@H](C(=O)Nc1cccc(OC)c1)c1ccccc1. The molecule has 152 valence electrons. The van der Waals surface area contributed by atoms with E-state index in [1.165, 1.54) is 0 Å². The molecule has 6 heteroatoms. The summed E-state index contributed by atoms with van der Waals surface area (Å²) in [7, 11) is 1.57. The number of ether oxygens (including phenoxy) is 3. The number of rotatable bonds is 8. The number of nitrogens with one attached hydrogen (secondary N) is 1. The van der Waals surface area contributed by atoms with E-state index in [4.69, 9.17) is 19.5 Å². The highest BCUT2D eigenvalue weighted by molar-refractivity contribution is 5.95. The summed E-state index contributed by atoms with van der Waals surface area (Å²) in [4.78, 5) is 13.1. The van der Waals surface area contributed by atoms with Crippen molar-refractivity contribution < 1.29 is 19.0 Å². The molecular formula is C24H22N2O4. The topological polar surface area (TPSA) is 80.6 Å². The molecule has 0 aliphatic heterocycles. The van der Waals surface area contributed by atoms with Crippen molar-refractivity contribution >= 4 is 11.6 Å². The summed E-state index contributed by atoms with van der Waals surface area (Å²) in [5.41, 5.74) is 1.72. The Morgan fingerprint density at radius 2 is 1.83 bits per heavy atom. The van der Waals surface area contributed by atoms with E-state index in [1.807, 2.05) is 37.3 Å². The Morgan fingerprint density at radius 3 is 2.53 bits per heavy atom. The number of hydrogen-bond donors (Lipinski definition) is 1. The van der Waals surface area contributed by atoms with Gasteiger partial charge in [0.1, 0.15) is 5.75 Å². The Bertz CT molecular complexity index is 1040. The lowest BCUT2D eigenvalue weighted by Crippen LogP contribution is -2.26. The first-order valence-corrected chi connectivity index (χ1v) is 9.48. The third-order valence-corrected chi connectivity index (χ3v) is 4.30. The molecule has 1 atom stereocenters. The Balaban J connectivity index is 1.92. The van der Waals surface area contributed by atoms with Crippen molar-refractivity contribution in [2.75, 3.05) is 19.0 Å². The lowest BCUT2D eigenvalue weighted by Gasteiger charge is -2.21. The van der Waals surface area contributed by atoms with Crippen molar-refractivity contribution in [1.29, 1.82) is 5.26 Å². The summed E-state index contributed by atoms with van der Waals surface area (Å²) in [6.07, 6.45) is -0.926. The second kappa shape index (κ2) is 9.99. The minimum Gasteiger partial charge on any atom is -0.497 e. The van der Waals surface area contributed by atoms with Gasteiger partial charge in [-0.1, -0.05) is 36.4 Å². The van der Waals surface area contributed by atoms with Gasteiger partial charge >= 0.3 is 0 Å². The van der Waals surface area contributed by atoms with Crippen LogP contribution in [-0.4, -0.2) is 19.6 Å². The number of carbonyl (C=O) groups excluding carboxylic acids is 1. The van der Waals surface area contributed by atoms with Crippen molar-refractivity contribution in [2.24, 2.45) is 0 Å². The summed E-state index contributed by atoms with van der Waals surface area (Å²) in [5.74, 6) is 1.08. The monoisotopic (exact) mass is 402 g/mol. The molecule has 0 aliphatic rings. The van der Waals surface area contributed by atoms with E-state index in [0.29, 0.717) is 40.7 Å². The van der Waals surface area contributed by atoms with Crippen LogP contribution in [0, 0.1) is 11.3 Å². The highest BCUT2D eigenvalue weighted by Crippen LogP contribution is 2.33. The van der Waals surface area contributed by atoms with Crippen LogP contribution < -0.4 is 19.5 Å². The van der Waals surface area contributed by atoms with Gasteiger partial charge in [-0.25, -0.2) is 0 Å². The Kier molecular flexibility index (Phi) is 6.91. The van der Waals surface area contributed by atoms with Crippen molar-refractivity contribution in [3.8, 4) is 23.3 Å². The van der Waals surface area contributed by atoms with Crippen LogP contribution in [0.2, 0.25) is 0 Å². The molecule has 0 heterocycles. The van der Waals surface area contributed by atoms with Gasteiger partial charge in [0.25, 0.3) is 5.91 Å². The van der Waals surface area contributed by atoms with Crippen LogP contribution in [0.3, 0.4) is 0 Å².